The van der Waals surface area contributed by atoms with E-state index in [1.807, 2.05) is 67.1 Å². The minimum absolute atomic E-state index is 0.100. The number of hydrogen-bond acceptors (Lipinski definition) is 2. The van der Waals surface area contributed by atoms with Gasteiger partial charge in [0.15, 0.2) is 5.78 Å². The Morgan fingerprint density at radius 3 is 2.50 bits per heavy atom. The van der Waals surface area contributed by atoms with Gasteiger partial charge in [0.2, 0.25) is 0 Å². The smallest absolute Gasteiger partial charge is 0.170 e. The van der Waals surface area contributed by atoms with Crippen molar-refractivity contribution >= 4 is 16.8 Å². The van der Waals surface area contributed by atoms with E-state index in [-0.39, 0.29) is 5.78 Å². The number of benzene rings is 2. The molecule has 3 heteroatoms. The van der Waals surface area contributed by atoms with Gasteiger partial charge in [-0.05, 0) is 19.1 Å². The standard InChI is InChI=1S/C17H16N2O/c1-12-7-9-13(10-8-12)16(20)11-17-18-14-5-3-4-6-15(14)19(17)2/h3-10H,11H2,1-2H3. The molecule has 3 aromatic rings. The average Bonchev–Trinajstić information content (AvgIpc) is 2.77. The van der Waals surface area contributed by atoms with Crippen molar-refractivity contribution in [3.8, 4) is 0 Å². The van der Waals surface area contributed by atoms with E-state index in [0.29, 0.717) is 6.42 Å². The van der Waals surface area contributed by atoms with Crippen molar-refractivity contribution in [3.63, 3.8) is 0 Å². The first kappa shape index (κ1) is 12.6. The summed E-state index contributed by atoms with van der Waals surface area (Å²) in [6.45, 7) is 2.01. The number of Topliss-reactive ketones (excluding diaryl/α,β-unsaturated/α-hetero) is 1. The molecule has 0 unspecified atom stereocenters. The first-order chi connectivity index (χ1) is 9.65. The number of carbonyl (C=O) groups is 1. The summed E-state index contributed by atoms with van der Waals surface area (Å²) in [6.07, 6.45) is 0.328. The molecule has 0 saturated carbocycles. The second kappa shape index (κ2) is 4.93. The van der Waals surface area contributed by atoms with Gasteiger partial charge in [-0.2, -0.15) is 0 Å². The fraction of sp³-hybridized carbons (Fsp3) is 0.176. The molecule has 3 rings (SSSR count). The van der Waals surface area contributed by atoms with Crippen molar-refractivity contribution in [1.29, 1.82) is 0 Å². The van der Waals surface area contributed by atoms with E-state index in [0.717, 1.165) is 28.0 Å². The Morgan fingerprint density at radius 1 is 1.10 bits per heavy atom. The molecule has 1 aromatic heterocycles. The second-order valence-electron chi connectivity index (χ2n) is 5.04. The molecule has 0 N–H and O–H groups in total. The predicted octanol–water partition coefficient (Wildman–Crippen LogP) is 3.31. The maximum atomic E-state index is 12.3. The molecule has 0 bridgehead atoms. The van der Waals surface area contributed by atoms with Crippen LogP contribution in [0.25, 0.3) is 11.0 Å². The molecule has 3 nitrogen and oxygen atoms in total. The number of rotatable bonds is 3. The fourth-order valence-electron chi connectivity index (χ4n) is 2.34. The van der Waals surface area contributed by atoms with E-state index < -0.39 is 0 Å². The zero-order chi connectivity index (χ0) is 14.1. The van der Waals surface area contributed by atoms with Crippen molar-refractivity contribution in [3.05, 3.63) is 65.5 Å². The number of nitrogens with zero attached hydrogens (tertiary/aromatic N) is 2. The number of fused-ring (bicyclic) bond motifs is 1. The van der Waals surface area contributed by atoms with Crippen molar-refractivity contribution in [2.24, 2.45) is 7.05 Å². The molecule has 2 aromatic carbocycles. The van der Waals surface area contributed by atoms with Crippen LogP contribution in [0.15, 0.2) is 48.5 Å². The molecule has 100 valence electrons. The van der Waals surface area contributed by atoms with Crippen LogP contribution in [-0.2, 0) is 13.5 Å². The van der Waals surface area contributed by atoms with Gasteiger partial charge in [-0.1, -0.05) is 42.0 Å². The topological polar surface area (TPSA) is 34.9 Å². The highest BCUT2D eigenvalue weighted by Gasteiger charge is 2.12. The lowest BCUT2D eigenvalue weighted by Crippen LogP contribution is -2.08. The number of ketones is 1. The number of carbonyl (C=O) groups excluding carboxylic acids is 1. The van der Waals surface area contributed by atoms with Gasteiger partial charge in [-0.15, -0.1) is 0 Å². The predicted molar refractivity (Wildman–Crippen MR) is 79.9 cm³/mol. The van der Waals surface area contributed by atoms with Gasteiger partial charge in [0, 0.05) is 12.6 Å². The summed E-state index contributed by atoms with van der Waals surface area (Å²) >= 11 is 0. The lowest BCUT2D eigenvalue weighted by Gasteiger charge is -2.03. The molecule has 20 heavy (non-hydrogen) atoms. The van der Waals surface area contributed by atoms with Crippen LogP contribution >= 0.6 is 0 Å². The van der Waals surface area contributed by atoms with Crippen molar-refractivity contribution < 1.29 is 4.79 Å². The van der Waals surface area contributed by atoms with E-state index in [1.165, 1.54) is 0 Å². The summed E-state index contributed by atoms with van der Waals surface area (Å²) in [6, 6.07) is 15.6. The normalized spacial score (nSPS) is 10.9. The minimum Gasteiger partial charge on any atom is -0.331 e. The largest absolute Gasteiger partial charge is 0.331 e. The summed E-state index contributed by atoms with van der Waals surface area (Å²) in [5, 5.41) is 0. The molecule has 0 spiro atoms. The van der Waals surface area contributed by atoms with Crippen LogP contribution in [0.5, 0.6) is 0 Å². The Labute approximate surface area is 117 Å². The van der Waals surface area contributed by atoms with Crippen molar-refractivity contribution in [2.75, 3.05) is 0 Å². The third-order valence-corrected chi connectivity index (χ3v) is 3.57. The summed E-state index contributed by atoms with van der Waals surface area (Å²) in [5.74, 6) is 0.903. The quantitative estimate of drug-likeness (QED) is 0.680. The Morgan fingerprint density at radius 2 is 1.80 bits per heavy atom. The van der Waals surface area contributed by atoms with Gasteiger partial charge in [0.05, 0.1) is 17.5 Å². The Bertz CT molecular complexity index is 769. The van der Waals surface area contributed by atoms with E-state index in [1.54, 1.807) is 0 Å². The van der Waals surface area contributed by atoms with Crippen LogP contribution in [0.1, 0.15) is 21.7 Å². The van der Waals surface area contributed by atoms with E-state index >= 15 is 0 Å². The lowest BCUT2D eigenvalue weighted by atomic mass is 10.1. The maximum Gasteiger partial charge on any atom is 0.170 e. The summed E-state index contributed by atoms with van der Waals surface area (Å²) in [4.78, 5) is 16.8. The molecule has 0 amide bonds. The van der Waals surface area contributed by atoms with E-state index in [9.17, 15) is 4.79 Å². The minimum atomic E-state index is 0.100. The van der Waals surface area contributed by atoms with Crippen LogP contribution in [0, 0.1) is 6.92 Å². The Hall–Kier alpha value is -2.42. The number of aryl methyl sites for hydroxylation is 2. The van der Waals surface area contributed by atoms with Crippen LogP contribution in [0.2, 0.25) is 0 Å². The van der Waals surface area contributed by atoms with E-state index in [4.69, 9.17) is 0 Å². The average molecular weight is 264 g/mol. The Kier molecular flexibility index (Phi) is 3.11. The molecule has 0 radical (unpaired) electrons. The first-order valence-corrected chi connectivity index (χ1v) is 6.65. The molecule has 0 aliphatic rings. The molecule has 0 fully saturated rings. The molecular weight excluding hydrogens is 248 g/mol. The van der Waals surface area contributed by atoms with Gasteiger partial charge in [-0.3, -0.25) is 4.79 Å². The summed E-state index contributed by atoms with van der Waals surface area (Å²) in [7, 11) is 1.95. The first-order valence-electron chi connectivity index (χ1n) is 6.65. The van der Waals surface area contributed by atoms with Crippen LogP contribution in [0.4, 0.5) is 0 Å². The molecule has 0 aliphatic carbocycles. The zero-order valence-corrected chi connectivity index (χ0v) is 11.6. The van der Waals surface area contributed by atoms with Crippen LogP contribution in [-0.4, -0.2) is 15.3 Å². The van der Waals surface area contributed by atoms with Gasteiger partial charge < -0.3 is 4.57 Å². The number of hydrogen-bond donors (Lipinski definition) is 0. The third kappa shape index (κ3) is 2.23. The second-order valence-corrected chi connectivity index (χ2v) is 5.04. The third-order valence-electron chi connectivity index (χ3n) is 3.57. The zero-order valence-electron chi connectivity index (χ0n) is 11.6. The molecule has 1 heterocycles. The Balaban J connectivity index is 1.91. The molecule has 0 aliphatic heterocycles. The number of para-hydroxylation sites is 2. The fourth-order valence-corrected chi connectivity index (χ4v) is 2.34. The highest BCUT2D eigenvalue weighted by atomic mass is 16.1. The van der Waals surface area contributed by atoms with Crippen molar-refractivity contribution in [1.82, 2.24) is 9.55 Å². The van der Waals surface area contributed by atoms with Gasteiger partial charge in [0.1, 0.15) is 5.82 Å². The summed E-state index contributed by atoms with van der Waals surface area (Å²) in [5.41, 5.74) is 3.88. The van der Waals surface area contributed by atoms with Crippen molar-refractivity contribution in [2.45, 2.75) is 13.3 Å². The number of aromatic nitrogens is 2. The van der Waals surface area contributed by atoms with E-state index in [2.05, 4.69) is 4.98 Å². The summed E-state index contributed by atoms with van der Waals surface area (Å²) < 4.78 is 1.99. The highest BCUT2D eigenvalue weighted by Crippen LogP contribution is 2.16. The molecule has 0 atom stereocenters. The van der Waals surface area contributed by atoms with Gasteiger partial charge in [-0.25, -0.2) is 4.98 Å². The van der Waals surface area contributed by atoms with Crippen LogP contribution < -0.4 is 0 Å². The SMILES string of the molecule is Cc1ccc(C(=O)Cc2nc3ccccc3n2C)cc1. The monoisotopic (exact) mass is 264 g/mol. The molecule has 0 saturated heterocycles. The molecular formula is C17H16N2O. The maximum absolute atomic E-state index is 12.3. The number of imidazole rings is 1. The highest BCUT2D eigenvalue weighted by molar-refractivity contribution is 5.97. The van der Waals surface area contributed by atoms with Gasteiger partial charge in [0.25, 0.3) is 0 Å². The lowest BCUT2D eigenvalue weighted by molar-refractivity contribution is 0.0990. The van der Waals surface area contributed by atoms with Crippen LogP contribution in [0.3, 0.4) is 0 Å². The van der Waals surface area contributed by atoms with Gasteiger partial charge >= 0.3 is 0 Å².